The molecule has 5 heteroatoms. The van der Waals surface area contributed by atoms with Gasteiger partial charge in [0.2, 0.25) is 0 Å². The summed E-state index contributed by atoms with van der Waals surface area (Å²) in [5.74, 6) is -0.910. The molecule has 1 aromatic carbocycles. The maximum absolute atomic E-state index is 11.7. The second-order valence-electron chi connectivity index (χ2n) is 4.49. The molecule has 0 saturated carbocycles. The van der Waals surface area contributed by atoms with Gasteiger partial charge in [-0.1, -0.05) is 36.9 Å². The van der Waals surface area contributed by atoms with Crippen LogP contribution in [0.1, 0.15) is 17.5 Å². The largest absolute Gasteiger partial charge is 0.481 e. The Balaban J connectivity index is 2.30. The molecule has 1 rings (SSSR count). The number of rotatable bonds is 7. The summed E-state index contributed by atoms with van der Waals surface area (Å²) in [6, 6.07) is 7.69. The van der Waals surface area contributed by atoms with E-state index in [0.29, 0.717) is 6.54 Å². The lowest BCUT2D eigenvalue weighted by molar-refractivity contribution is -0.137. The zero-order chi connectivity index (χ0) is 15.0. The summed E-state index contributed by atoms with van der Waals surface area (Å²) in [5, 5.41) is 11.3. The minimum absolute atomic E-state index is 0.0487. The van der Waals surface area contributed by atoms with Gasteiger partial charge in [0.25, 0.3) is 0 Å². The van der Waals surface area contributed by atoms with E-state index in [-0.39, 0.29) is 19.0 Å². The third-order valence-electron chi connectivity index (χ3n) is 2.91. The van der Waals surface area contributed by atoms with Crippen molar-refractivity contribution in [3.05, 3.63) is 42.0 Å². The summed E-state index contributed by atoms with van der Waals surface area (Å²) in [6.45, 7) is 4.41. The van der Waals surface area contributed by atoms with E-state index in [1.165, 1.54) is 4.90 Å². The van der Waals surface area contributed by atoms with Gasteiger partial charge in [-0.2, -0.15) is 0 Å². The molecule has 0 saturated heterocycles. The summed E-state index contributed by atoms with van der Waals surface area (Å²) in [6.07, 6.45) is 2.46. The first kappa shape index (κ1) is 15.8. The number of amides is 2. The van der Waals surface area contributed by atoms with E-state index in [2.05, 4.69) is 11.9 Å². The molecule has 0 aliphatic carbocycles. The van der Waals surface area contributed by atoms with Gasteiger partial charge in [-0.25, -0.2) is 4.79 Å². The molecule has 20 heavy (non-hydrogen) atoms. The van der Waals surface area contributed by atoms with Crippen LogP contribution in [0, 0.1) is 0 Å². The molecule has 0 aliphatic heterocycles. The summed E-state index contributed by atoms with van der Waals surface area (Å²) >= 11 is 0. The smallest absolute Gasteiger partial charge is 0.317 e. The van der Waals surface area contributed by atoms with Crippen molar-refractivity contribution in [1.29, 1.82) is 0 Å². The highest BCUT2D eigenvalue weighted by atomic mass is 16.4. The number of urea groups is 1. The lowest BCUT2D eigenvalue weighted by Crippen LogP contribution is -2.39. The van der Waals surface area contributed by atoms with Crippen LogP contribution in [0.3, 0.4) is 0 Å². The molecule has 0 fully saturated rings. The van der Waals surface area contributed by atoms with Crippen molar-refractivity contribution in [1.82, 2.24) is 10.2 Å². The first-order valence-corrected chi connectivity index (χ1v) is 6.45. The minimum Gasteiger partial charge on any atom is -0.481 e. The van der Waals surface area contributed by atoms with Gasteiger partial charge in [-0.05, 0) is 17.5 Å². The fourth-order valence-electron chi connectivity index (χ4n) is 1.63. The van der Waals surface area contributed by atoms with E-state index in [4.69, 9.17) is 5.11 Å². The average Bonchev–Trinajstić information content (AvgIpc) is 2.45. The zero-order valence-electron chi connectivity index (χ0n) is 11.6. The molecule has 1 aromatic rings. The molecular weight excluding hydrogens is 256 g/mol. The Labute approximate surface area is 118 Å². The number of hydrogen-bond donors (Lipinski definition) is 2. The quantitative estimate of drug-likeness (QED) is 0.800. The van der Waals surface area contributed by atoms with Crippen molar-refractivity contribution in [3.63, 3.8) is 0 Å². The van der Waals surface area contributed by atoms with E-state index in [0.717, 1.165) is 17.5 Å². The lowest BCUT2D eigenvalue weighted by atomic mass is 10.1. The second-order valence-corrected chi connectivity index (χ2v) is 4.49. The molecule has 108 valence electrons. The Morgan fingerprint density at radius 3 is 2.55 bits per heavy atom. The van der Waals surface area contributed by atoms with Crippen molar-refractivity contribution < 1.29 is 14.7 Å². The zero-order valence-corrected chi connectivity index (χ0v) is 11.6. The Hall–Kier alpha value is -2.30. The van der Waals surface area contributed by atoms with Crippen molar-refractivity contribution >= 4 is 18.1 Å². The monoisotopic (exact) mass is 276 g/mol. The number of carboxylic acid groups (broad SMARTS) is 1. The molecule has 0 atom stereocenters. The van der Waals surface area contributed by atoms with Crippen LogP contribution in [0.4, 0.5) is 4.79 Å². The molecule has 2 amide bonds. The van der Waals surface area contributed by atoms with Crippen molar-refractivity contribution in [2.75, 3.05) is 20.1 Å². The molecular formula is C15H20N2O3. The van der Waals surface area contributed by atoms with Gasteiger partial charge < -0.3 is 15.3 Å². The van der Waals surface area contributed by atoms with E-state index < -0.39 is 5.97 Å². The number of nitrogens with zero attached hydrogens (tertiary/aromatic N) is 1. The Morgan fingerprint density at radius 2 is 2.00 bits per heavy atom. The topological polar surface area (TPSA) is 69.6 Å². The van der Waals surface area contributed by atoms with Crippen LogP contribution in [0.2, 0.25) is 0 Å². The van der Waals surface area contributed by atoms with Crippen LogP contribution in [-0.2, 0) is 11.2 Å². The minimum atomic E-state index is -0.910. The first-order valence-electron chi connectivity index (χ1n) is 6.45. The lowest BCUT2D eigenvalue weighted by Gasteiger charge is -2.16. The molecule has 0 spiro atoms. The second kappa shape index (κ2) is 7.99. The predicted molar refractivity (Wildman–Crippen MR) is 78.5 cm³/mol. The van der Waals surface area contributed by atoms with Crippen LogP contribution in [0.25, 0.3) is 6.08 Å². The summed E-state index contributed by atoms with van der Waals surface area (Å²) in [4.78, 5) is 23.4. The van der Waals surface area contributed by atoms with Gasteiger partial charge in [0.15, 0.2) is 0 Å². The van der Waals surface area contributed by atoms with Crippen molar-refractivity contribution in [3.8, 4) is 0 Å². The normalized spacial score (nSPS) is 9.85. The van der Waals surface area contributed by atoms with Crippen LogP contribution >= 0.6 is 0 Å². The van der Waals surface area contributed by atoms with Crippen LogP contribution < -0.4 is 5.32 Å². The number of carbonyl (C=O) groups excluding carboxylic acids is 1. The van der Waals surface area contributed by atoms with E-state index >= 15 is 0 Å². The Kier molecular flexibility index (Phi) is 6.29. The molecule has 5 nitrogen and oxygen atoms in total. The first-order chi connectivity index (χ1) is 9.52. The van der Waals surface area contributed by atoms with Crippen molar-refractivity contribution in [2.45, 2.75) is 12.8 Å². The standard InChI is InChI=1S/C15H20N2O3/c1-3-12-4-6-13(7-5-12)8-10-16-15(20)17(2)11-9-14(18)19/h3-7H,1,8-11H2,2H3,(H,16,20)(H,18,19). The van der Waals surface area contributed by atoms with E-state index in [1.807, 2.05) is 24.3 Å². The van der Waals surface area contributed by atoms with Gasteiger partial charge in [-0.15, -0.1) is 0 Å². The average molecular weight is 276 g/mol. The van der Waals surface area contributed by atoms with Crippen molar-refractivity contribution in [2.24, 2.45) is 0 Å². The van der Waals surface area contributed by atoms with Crippen LogP contribution in [0.15, 0.2) is 30.8 Å². The van der Waals surface area contributed by atoms with Gasteiger partial charge in [-0.3, -0.25) is 4.79 Å². The molecule has 0 heterocycles. The summed E-state index contributed by atoms with van der Waals surface area (Å²) in [7, 11) is 1.58. The number of carboxylic acids is 1. The van der Waals surface area contributed by atoms with E-state index in [9.17, 15) is 9.59 Å². The predicted octanol–water partition coefficient (Wildman–Crippen LogP) is 1.99. The highest BCUT2D eigenvalue weighted by molar-refractivity contribution is 5.75. The van der Waals surface area contributed by atoms with Gasteiger partial charge in [0.05, 0.1) is 6.42 Å². The highest BCUT2D eigenvalue weighted by Crippen LogP contribution is 2.05. The van der Waals surface area contributed by atoms with Crippen LogP contribution in [0.5, 0.6) is 0 Å². The Bertz CT molecular complexity index is 469. The molecule has 0 aromatic heterocycles. The highest BCUT2D eigenvalue weighted by Gasteiger charge is 2.09. The maximum atomic E-state index is 11.7. The SMILES string of the molecule is C=Cc1ccc(CCNC(=O)N(C)CCC(=O)O)cc1. The number of hydrogen-bond acceptors (Lipinski definition) is 2. The fraction of sp³-hybridized carbons (Fsp3) is 0.333. The molecule has 0 unspecified atom stereocenters. The summed E-state index contributed by atoms with van der Waals surface area (Å²) in [5.41, 5.74) is 2.19. The van der Waals surface area contributed by atoms with Crippen LogP contribution in [-0.4, -0.2) is 42.1 Å². The molecule has 0 radical (unpaired) electrons. The van der Waals surface area contributed by atoms with E-state index in [1.54, 1.807) is 13.1 Å². The fourth-order valence-corrected chi connectivity index (χ4v) is 1.63. The number of carbonyl (C=O) groups is 2. The molecule has 0 bridgehead atoms. The number of nitrogens with one attached hydrogen (secondary N) is 1. The van der Waals surface area contributed by atoms with Gasteiger partial charge in [0.1, 0.15) is 0 Å². The third-order valence-corrected chi connectivity index (χ3v) is 2.91. The third kappa shape index (κ3) is 5.56. The summed E-state index contributed by atoms with van der Waals surface area (Å²) < 4.78 is 0. The molecule has 0 aliphatic rings. The Morgan fingerprint density at radius 1 is 1.35 bits per heavy atom. The van der Waals surface area contributed by atoms with Gasteiger partial charge in [0, 0.05) is 20.1 Å². The maximum Gasteiger partial charge on any atom is 0.317 e. The molecule has 2 N–H and O–H groups in total. The number of benzene rings is 1. The number of aliphatic carboxylic acids is 1. The van der Waals surface area contributed by atoms with Gasteiger partial charge >= 0.3 is 12.0 Å².